The smallest absolute Gasteiger partial charge is 0.301 e. The van der Waals surface area contributed by atoms with Gasteiger partial charge in [-0.2, -0.15) is 0 Å². The lowest BCUT2D eigenvalue weighted by Gasteiger charge is -2.23. The fourth-order valence-corrected chi connectivity index (χ4v) is 3.71. The Hall–Kier alpha value is -4.33. The molecule has 0 aliphatic carbocycles. The molecular weight excluding hydrogens is 424 g/mol. The minimum atomic E-state index is -0.951. The lowest BCUT2D eigenvalue weighted by Crippen LogP contribution is -2.29. The molecule has 1 saturated heterocycles. The van der Waals surface area contributed by atoms with Crippen molar-refractivity contribution in [1.82, 2.24) is 5.16 Å². The topological polar surface area (TPSA) is 102 Å². The van der Waals surface area contributed by atoms with E-state index in [2.05, 4.69) is 11.7 Å². The highest BCUT2D eigenvalue weighted by molar-refractivity contribution is 6.51. The summed E-state index contributed by atoms with van der Waals surface area (Å²) in [6.45, 7) is 5.61. The number of benzene rings is 2. The first kappa shape index (κ1) is 21.9. The molecular formula is C25H22N2O6. The van der Waals surface area contributed by atoms with Gasteiger partial charge in [-0.1, -0.05) is 42.1 Å². The SMILES string of the molecule is C=CCOc1cccc(C2C(=C(O)c3cccc(OC)c3)C(=O)C(=O)N2c2cc(C)on2)c1. The molecule has 8 nitrogen and oxygen atoms in total. The van der Waals surface area contributed by atoms with E-state index >= 15 is 0 Å². The van der Waals surface area contributed by atoms with Crippen LogP contribution in [0.25, 0.3) is 5.76 Å². The first-order valence-electron chi connectivity index (χ1n) is 10.2. The van der Waals surface area contributed by atoms with E-state index in [4.69, 9.17) is 14.0 Å². The number of carbonyl (C=O) groups is 2. The zero-order valence-corrected chi connectivity index (χ0v) is 18.1. The van der Waals surface area contributed by atoms with Crippen LogP contribution in [0.4, 0.5) is 5.82 Å². The van der Waals surface area contributed by atoms with Crippen LogP contribution >= 0.6 is 0 Å². The minimum absolute atomic E-state index is 0.0743. The molecule has 3 aromatic rings. The number of aromatic nitrogens is 1. The van der Waals surface area contributed by atoms with Gasteiger partial charge in [0.05, 0.1) is 18.7 Å². The lowest BCUT2D eigenvalue weighted by atomic mass is 9.95. The van der Waals surface area contributed by atoms with Crippen molar-refractivity contribution >= 4 is 23.3 Å². The first-order chi connectivity index (χ1) is 15.9. The minimum Gasteiger partial charge on any atom is -0.507 e. The van der Waals surface area contributed by atoms with Crippen LogP contribution in [0, 0.1) is 6.92 Å². The summed E-state index contributed by atoms with van der Waals surface area (Å²) in [5, 5.41) is 15.1. The average molecular weight is 446 g/mol. The molecule has 8 heteroatoms. The van der Waals surface area contributed by atoms with Crippen molar-refractivity contribution in [3.05, 3.63) is 89.7 Å². The Morgan fingerprint density at radius 1 is 1.18 bits per heavy atom. The van der Waals surface area contributed by atoms with E-state index in [1.54, 1.807) is 67.6 Å². The van der Waals surface area contributed by atoms with E-state index in [-0.39, 0.29) is 23.8 Å². The fourth-order valence-electron chi connectivity index (χ4n) is 3.71. The Morgan fingerprint density at radius 3 is 2.64 bits per heavy atom. The Labute approximate surface area is 190 Å². The van der Waals surface area contributed by atoms with Crippen molar-refractivity contribution in [2.45, 2.75) is 13.0 Å². The van der Waals surface area contributed by atoms with Crippen molar-refractivity contribution in [3.63, 3.8) is 0 Å². The van der Waals surface area contributed by atoms with E-state index in [1.165, 1.54) is 12.0 Å². The maximum atomic E-state index is 13.2. The first-order valence-corrected chi connectivity index (χ1v) is 10.2. The fraction of sp³-hybridized carbons (Fsp3) is 0.160. The number of aryl methyl sites for hydroxylation is 1. The zero-order valence-electron chi connectivity index (χ0n) is 18.1. The summed E-state index contributed by atoms with van der Waals surface area (Å²) in [7, 11) is 1.50. The predicted molar refractivity (Wildman–Crippen MR) is 121 cm³/mol. The molecule has 0 radical (unpaired) electrons. The number of ether oxygens (including phenoxy) is 2. The zero-order chi connectivity index (χ0) is 23.5. The van der Waals surface area contributed by atoms with Crippen LogP contribution < -0.4 is 14.4 Å². The third kappa shape index (κ3) is 4.10. The van der Waals surface area contributed by atoms with E-state index in [0.29, 0.717) is 28.4 Å². The summed E-state index contributed by atoms with van der Waals surface area (Å²) < 4.78 is 16.0. The van der Waals surface area contributed by atoms with Crippen molar-refractivity contribution in [2.24, 2.45) is 0 Å². The largest absolute Gasteiger partial charge is 0.507 e. The van der Waals surface area contributed by atoms with Crippen LogP contribution in [0.3, 0.4) is 0 Å². The molecule has 1 N–H and O–H groups in total. The Balaban J connectivity index is 1.91. The number of hydrogen-bond donors (Lipinski definition) is 1. The third-order valence-corrected chi connectivity index (χ3v) is 5.19. The normalized spacial score (nSPS) is 17.3. The molecule has 1 atom stereocenters. The molecule has 33 heavy (non-hydrogen) atoms. The summed E-state index contributed by atoms with van der Waals surface area (Å²) >= 11 is 0. The number of ketones is 1. The van der Waals surface area contributed by atoms with E-state index < -0.39 is 17.7 Å². The quantitative estimate of drug-likeness (QED) is 0.251. The third-order valence-electron chi connectivity index (χ3n) is 5.19. The summed E-state index contributed by atoms with van der Waals surface area (Å²) in [6.07, 6.45) is 1.61. The number of aliphatic hydroxyl groups excluding tert-OH is 1. The van der Waals surface area contributed by atoms with Crippen molar-refractivity contribution in [1.29, 1.82) is 0 Å². The van der Waals surface area contributed by atoms with Gasteiger partial charge in [-0.25, -0.2) is 0 Å². The number of aliphatic hydroxyl groups is 1. The molecule has 2 aromatic carbocycles. The molecule has 1 aliphatic rings. The second-order valence-electron chi connectivity index (χ2n) is 7.37. The number of methoxy groups -OCH3 is 1. The highest BCUT2D eigenvalue weighted by atomic mass is 16.5. The molecule has 1 amide bonds. The van der Waals surface area contributed by atoms with Crippen LogP contribution in [-0.2, 0) is 9.59 Å². The highest BCUT2D eigenvalue weighted by Crippen LogP contribution is 2.42. The van der Waals surface area contributed by atoms with E-state index in [1.807, 2.05) is 0 Å². The number of amides is 1. The number of nitrogens with zero attached hydrogens (tertiary/aromatic N) is 2. The number of Topliss-reactive ketones (excluding diaryl/α,β-unsaturated/α-hetero) is 1. The Morgan fingerprint density at radius 2 is 1.94 bits per heavy atom. The van der Waals surface area contributed by atoms with Crippen LogP contribution in [0.5, 0.6) is 11.5 Å². The summed E-state index contributed by atoms with van der Waals surface area (Å²) in [6, 6.07) is 14.2. The molecule has 0 saturated carbocycles. The maximum Gasteiger partial charge on any atom is 0.301 e. The monoisotopic (exact) mass is 446 g/mol. The van der Waals surface area contributed by atoms with E-state index in [9.17, 15) is 14.7 Å². The Kier molecular flexibility index (Phi) is 5.99. The van der Waals surface area contributed by atoms with Gasteiger partial charge in [0.15, 0.2) is 5.82 Å². The van der Waals surface area contributed by atoms with Gasteiger partial charge in [-0.3, -0.25) is 14.5 Å². The van der Waals surface area contributed by atoms with Crippen LogP contribution in [0.15, 0.2) is 77.3 Å². The van der Waals surface area contributed by atoms with Gasteiger partial charge in [0.25, 0.3) is 5.78 Å². The van der Waals surface area contributed by atoms with Crippen LogP contribution in [-0.4, -0.2) is 35.7 Å². The van der Waals surface area contributed by atoms with Gasteiger partial charge in [-0.15, -0.1) is 0 Å². The predicted octanol–water partition coefficient (Wildman–Crippen LogP) is 4.18. The van der Waals surface area contributed by atoms with Crippen molar-refractivity contribution < 1.29 is 28.7 Å². The molecule has 4 rings (SSSR count). The Bertz CT molecular complexity index is 1260. The van der Waals surface area contributed by atoms with Gasteiger partial charge in [-0.05, 0) is 36.8 Å². The number of rotatable bonds is 7. The average Bonchev–Trinajstić information content (AvgIpc) is 3.37. The lowest BCUT2D eigenvalue weighted by molar-refractivity contribution is -0.132. The van der Waals surface area contributed by atoms with Crippen molar-refractivity contribution in [2.75, 3.05) is 18.6 Å². The van der Waals surface area contributed by atoms with Gasteiger partial charge in [0, 0.05) is 11.6 Å². The number of hydrogen-bond acceptors (Lipinski definition) is 7. The molecule has 2 heterocycles. The van der Waals surface area contributed by atoms with Gasteiger partial charge >= 0.3 is 5.91 Å². The van der Waals surface area contributed by atoms with Gasteiger partial charge < -0.3 is 19.1 Å². The second kappa shape index (κ2) is 9.04. The molecule has 0 bridgehead atoms. The molecule has 1 fully saturated rings. The maximum absolute atomic E-state index is 13.2. The second-order valence-corrected chi connectivity index (χ2v) is 7.37. The summed E-state index contributed by atoms with van der Waals surface area (Å²) in [4.78, 5) is 27.5. The number of carbonyl (C=O) groups excluding carboxylic acids is 2. The molecule has 1 aliphatic heterocycles. The van der Waals surface area contributed by atoms with E-state index in [0.717, 1.165) is 0 Å². The number of anilines is 1. The summed E-state index contributed by atoms with van der Waals surface area (Å²) in [5.74, 6) is -0.318. The van der Waals surface area contributed by atoms with Crippen LogP contribution in [0.2, 0.25) is 0 Å². The molecule has 1 aromatic heterocycles. The summed E-state index contributed by atoms with van der Waals surface area (Å²) in [5.41, 5.74) is 0.823. The van der Waals surface area contributed by atoms with Crippen molar-refractivity contribution in [3.8, 4) is 11.5 Å². The highest BCUT2D eigenvalue weighted by Gasteiger charge is 2.48. The molecule has 168 valence electrons. The van der Waals surface area contributed by atoms with Crippen LogP contribution in [0.1, 0.15) is 22.9 Å². The molecule has 1 unspecified atom stereocenters. The molecule has 0 spiro atoms. The van der Waals surface area contributed by atoms with Gasteiger partial charge in [0.2, 0.25) is 0 Å². The van der Waals surface area contributed by atoms with Gasteiger partial charge in [0.1, 0.15) is 29.6 Å². The standard InChI is InChI=1S/C25H22N2O6/c1-4-11-32-19-10-5-7-16(13-19)22-21(23(28)17-8-6-9-18(14-17)31-3)24(29)25(30)27(22)20-12-15(2)33-26-20/h4-10,12-14,22,28H,1,11H2,2-3H3.